The molecule has 1 atom stereocenters. The van der Waals surface area contributed by atoms with E-state index >= 15 is 0 Å². The highest BCUT2D eigenvalue weighted by Crippen LogP contribution is 2.54. The Hall–Kier alpha value is -4.35. The van der Waals surface area contributed by atoms with Gasteiger partial charge in [0.25, 0.3) is 0 Å². The van der Waals surface area contributed by atoms with Gasteiger partial charge in [0.1, 0.15) is 35.7 Å². The highest BCUT2D eigenvalue weighted by molar-refractivity contribution is 6.16. The lowest BCUT2D eigenvalue weighted by Crippen LogP contribution is -2.52. The molecule has 12 heteroatoms. The van der Waals surface area contributed by atoms with Crippen LogP contribution in [0.3, 0.4) is 0 Å². The maximum atomic E-state index is 13.6. The lowest BCUT2D eigenvalue weighted by Gasteiger charge is -2.40. The number of rotatable bonds is 7. The molecule has 4 N–H and O–H groups in total. The zero-order valence-electron chi connectivity index (χ0n) is 18.7. The van der Waals surface area contributed by atoms with Crippen molar-refractivity contribution in [3.8, 4) is 0 Å². The van der Waals surface area contributed by atoms with Crippen molar-refractivity contribution >= 4 is 35.5 Å². The standard InChI is InChI=1S/C22H23N3O9/c1-4-33-20(29)17-18(24)25(10-14(23)26)12-8-6-5-7-11(12)22(17)16(19(28)32-3)13(34-21(22)30)9-15(27)31-2/h5-8H,4,9-10,24H2,1-3H3,(H2,23,26). The molecule has 0 saturated heterocycles. The van der Waals surface area contributed by atoms with E-state index in [0.717, 1.165) is 14.2 Å². The molecular weight excluding hydrogens is 450 g/mol. The molecule has 1 spiro atoms. The first-order valence-corrected chi connectivity index (χ1v) is 10.1. The van der Waals surface area contributed by atoms with E-state index in [4.69, 9.17) is 25.7 Å². The van der Waals surface area contributed by atoms with Crippen molar-refractivity contribution in [1.29, 1.82) is 0 Å². The van der Waals surface area contributed by atoms with E-state index in [0.29, 0.717) is 0 Å². The largest absolute Gasteiger partial charge is 0.469 e. The van der Waals surface area contributed by atoms with Crippen molar-refractivity contribution in [3.05, 3.63) is 52.6 Å². The number of hydrogen-bond donors (Lipinski definition) is 2. The summed E-state index contributed by atoms with van der Waals surface area (Å²) in [5.74, 6) is -5.47. The Labute approximate surface area is 194 Å². The Kier molecular flexibility index (Phi) is 6.61. The molecule has 0 bridgehead atoms. The van der Waals surface area contributed by atoms with Gasteiger partial charge in [-0.15, -0.1) is 0 Å². The zero-order chi connectivity index (χ0) is 25.2. The third-order valence-corrected chi connectivity index (χ3v) is 5.41. The summed E-state index contributed by atoms with van der Waals surface area (Å²) in [6.07, 6.45) is -0.600. The highest BCUT2D eigenvalue weighted by atomic mass is 16.6. The Morgan fingerprint density at radius 3 is 2.32 bits per heavy atom. The number of nitrogens with two attached hydrogens (primary N) is 2. The minimum atomic E-state index is -2.24. The molecule has 12 nitrogen and oxygen atoms in total. The molecule has 1 amide bonds. The van der Waals surface area contributed by atoms with Crippen LogP contribution in [0.4, 0.5) is 5.69 Å². The number of primary amides is 1. The number of amides is 1. The number of nitrogens with zero attached hydrogens (tertiary/aromatic N) is 1. The van der Waals surface area contributed by atoms with Gasteiger partial charge in [-0.25, -0.2) is 14.4 Å². The number of hydrogen-bond acceptors (Lipinski definition) is 11. The summed E-state index contributed by atoms with van der Waals surface area (Å²) in [5, 5.41) is 0. The molecular formula is C22H23N3O9. The van der Waals surface area contributed by atoms with Crippen molar-refractivity contribution in [2.75, 3.05) is 32.3 Å². The topological polar surface area (TPSA) is 178 Å². The quantitative estimate of drug-likeness (QED) is 0.386. The number of carbonyl (C=O) groups is 5. The van der Waals surface area contributed by atoms with E-state index in [2.05, 4.69) is 4.74 Å². The van der Waals surface area contributed by atoms with Crippen molar-refractivity contribution in [2.24, 2.45) is 11.5 Å². The second kappa shape index (κ2) is 9.25. The van der Waals surface area contributed by atoms with Crippen LogP contribution in [0.5, 0.6) is 0 Å². The molecule has 2 aliphatic rings. The maximum absolute atomic E-state index is 13.6. The van der Waals surface area contributed by atoms with Gasteiger partial charge in [-0.2, -0.15) is 0 Å². The number of esters is 4. The van der Waals surface area contributed by atoms with Crippen LogP contribution in [0.25, 0.3) is 0 Å². The average molecular weight is 473 g/mol. The van der Waals surface area contributed by atoms with Gasteiger partial charge in [0.05, 0.1) is 20.8 Å². The molecule has 0 saturated carbocycles. The minimum absolute atomic E-state index is 0.0822. The van der Waals surface area contributed by atoms with Gasteiger partial charge in [-0.05, 0) is 13.0 Å². The molecule has 34 heavy (non-hydrogen) atoms. The summed E-state index contributed by atoms with van der Waals surface area (Å²) in [4.78, 5) is 64.9. The van der Waals surface area contributed by atoms with E-state index in [1.54, 1.807) is 12.1 Å². The third kappa shape index (κ3) is 3.62. The van der Waals surface area contributed by atoms with E-state index in [-0.39, 0.29) is 29.4 Å². The Balaban J connectivity index is 2.48. The molecule has 3 rings (SSSR count). The number of methoxy groups -OCH3 is 2. The lowest BCUT2D eigenvalue weighted by atomic mass is 9.66. The van der Waals surface area contributed by atoms with E-state index in [1.807, 2.05) is 0 Å². The van der Waals surface area contributed by atoms with Crippen LogP contribution in [0.2, 0.25) is 0 Å². The second-order valence-electron chi connectivity index (χ2n) is 7.23. The third-order valence-electron chi connectivity index (χ3n) is 5.41. The number of anilines is 1. The van der Waals surface area contributed by atoms with Crippen LogP contribution in [0, 0.1) is 0 Å². The predicted octanol–water partition coefficient (Wildman–Crippen LogP) is -0.490. The first-order chi connectivity index (χ1) is 16.1. The van der Waals surface area contributed by atoms with Crippen LogP contribution in [0.15, 0.2) is 47.0 Å². The molecule has 1 aromatic carbocycles. The monoisotopic (exact) mass is 473 g/mol. The molecule has 1 aromatic rings. The van der Waals surface area contributed by atoms with Crippen LogP contribution >= 0.6 is 0 Å². The smallest absolute Gasteiger partial charge is 0.339 e. The van der Waals surface area contributed by atoms with Crippen LogP contribution < -0.4 is 16.4 Å². The molecule has 1 unspecified atom stereocenters. The summed E-state index contributed by atoms with van der Waals surface area (Å²) in [6, 6.07) is 6.13. The maximum Gasteiger partial charge on any atom is 0.339 e. The average Bonchev–Trinajstić information content (AvgIpc) is 3.07. The lowest BCUT2D eigenvalue weighted by molar-refractivity contribution is -0.147. The van der Waals surface area contributed by atoms with Crippen molar-refractivity contribution in [1.82, 2.24) is 0 Å². The van der Waals surface area contributed by atoms with E-state index in [1.165, 1.54) is 24.0 Å². The Bertz CT molecular complexity index is 1150. The molecule has 0 fully saturated rings. The molecule has 0 radical (unpaired) electrons. The number of benzene rings is 1. The summed E-state index contributed by atoms with van der Waals surface area (Å²) >= 11 is 0. The first-order valence-electron chi connectivity index (χ1n) is 10.1. The Morgan fingerprint density at radius 1 is 1.06 bits per heavy atom. The molecule has 2 aliphatic heterocycles. The van der Waals surface area contributed by atoms with Crippen LogP contribution in [-0.2, 0) is 48.3 Å². The molecule has 2 heterocycles. The summed E-state index contributed by atoms with van der Waals surface area (Å²) in [6.45, 7) is 1.000. The fourth-order valence-electron chi connectivity index (χ4n) is 4.12. The second-order valence-corrected chi connectivity index (χ2v) is 7.23. The van der Waals surface area contributed by atoms with Crippen LogP contribution in [-0.4, -0.2) is 57.2 Å². The number of carbonyl (C=O) groups excluding carboxylic acids is 5. The normalized spacial score (nSPS) is 19.0. The SMILES string of the molecule is CCOC(=O)C1=C(N)N(CC(N)=O)c2ccccc2C12C(=O)OC(CC(=O)OC)=C2C(=O)OC. The van der Waals surface area contributed by atoms with Crippen molar-refractivity contribution in [2.45, 2.75) is 18.8 Å². The predicted molar refractivity (Wildman–Crippen MR) is 114 cm³/mol. The summed E-state index contributed by atoms with van der Waals surface area (Å²) < 4.78 is 20.1. The minimum Gasteiger partial charge on any atom is -0.469 e. The van der Waals surface area contributed by atoms with Crippen LogP contribution in [0.1, 0.15) is 18.9 Å². The van der Waals surface area contributed by atoms with Gasteiger partial charge < -0.3 is 35.3 Å². The fourth-order valence-corrected chi connectivity index (χ4v) is 4.12. The van der Waals surface area contributed by atoms with E-state index < -0.39 is 59.3 Å². The van der Waals surface area contributed by atoms with E-state index in [9.17, 15) is 24.0 Å². The Morgan fingerprint density at radius 2 is 1.74 bits per heavy atom. The molecule has 0 aliphatic carbocycles. The number of cyclic esters (lactones) is 1. The number of para-hydroxylation sites is 1. The molecule has 180 valence electrons. The van der Waals surface area contributed by atoms with Gasteiger partial charge in [0, 0.05) is 11.3 Å². The first kappa shape index (κ1) is 24.3. The summed E-state index contributed by atoms with van der Waals surface area (Å²) in [5.41, 5.74) is 8.87. The van der Waals surface area contributed by atoms with Gasteiger partial charge >= 0.3 is 23.9 Å². The summed E-state index contributed by atoms with van der Waals surface area (Å²) in [7, 11) is 2.18. The number of fused-ring (bicyclic) bond motifs is 2. The zero-order valence-corrected chi connectivity index (χ0v) is 18.7. The van der Waals surface area contributed by atoms with Gasteiger partial charge in [-0.3, -0.25) is 9.59 Å². The number of ether oxygens (including phenoxy) is 4. The van der Waals surface area contributed by atoms with Gasteiger partial charge in [0.2, 0.25) is 5.91 Å². The van der Waals surface area contributed by atoms with Gasteiger partial charge in [-0.1, -0.05) is 18.2 Å². The highest BCUT2D eigenvalue weighted by Gasteiger charge is 2.64. The van der Waals surface area contributed by atoms with Crippen molar-refractivity contribution < 1.29 is 42.9 Å². The van der Waals surface area contributed by atoms with Crippen molar-refractivity contribution in [3.63, 3.8) is 0 Å². The van der Waals surface area contributed by atoms with Gasteiger partial charge in [0.15, 0.2) is 5.41 Å². The fraction of sp³-hybridized carbons (Fsp3) is 0.318. The molecule has 0 aromatic heterocycles.